The van der Waals surface area contributed by atoms with Crippen molar-refractivity contribution in [1.82, 2.24) is 0 Å². The Morgan fingerprint density at radius 3 is 2.60 bits per heavy atom. The highest BCUT2D eigenvalue weighted by molar-refractivity contribution is 9.10. The van der Waals surface area contributed by atoms with Crippen molar-refractivity contribution in [3.63, 3.8) is 0 Å². The Labute approximate surface area is 160 Å². The van der Waals surface area contributed by atoms with Crippen LogP contribution in [0, 0.1) is 0 Å². The van der Waals surface area contributed by atoms with Gasteiger partial charge in [0.25, 0.3) is 0 Å². The summed E-state index contributed by atoms with van der Waals surface area (Å²) in [6, 6.07) is 15.8. The van der Waals surface area contributed by atoms with Crippen molar-refractivity contribution >= 4 is 50.4 Å². The number of rotatable bonds is 5. The summed E-state index contributed by atoms with van der Waals surface area (Å²) in [6.45, 7) is 2.15. The third-order valence-corrected chi connectivity index (χ3v) is 5.46. The molecule has 1 atom stereocenters. The molecule has 1 aliphatic rings. The molecule has 1 heterocycles. The van der Waals surface area contributed by atoms with E-state index in [0.717, 1.165) is 33.1 Å². The van der Waals surface area contributed by atoms with E-state index in [9.17, 15) is 4.79 Å². The zero-order valence-electron chi connectivity index (χ0n) is 13.9. The predicted molar refractivity (Wildman–Crippen MR) is 112 cm³/mol. The first kappa shape index (κ1) is 18.0. The first-order valence-electron chi connectivity index (χ1n) is 8.19. The number of nitrogens with zero attached hydrogens (tertiary/aromatic N) is 1. The van der Waals surface area contributed by atoms with E-state index in [1.807, 2.05) is 54.6 Å². The third-order valence-electron chi connectivity index (χ3n) is 3.90. The molecule has 0 saturated heterocycles. The van der Waals surface area contributed by atoms with Gasteiger partial charge in [0.2, 0.25) is 0 Å². The van der Waals surface area contributed by atoms with E-state index >= 15 is 0 Å². The molecule has 0 fully saturated rings. The maximum atomic E-state index is 12.3. The number of nitrogens with one attached hydrogen (secondary N) is 1. The molecule has 128 valence electrons. The van der Waals surface area contributed by atoms with Gasteiger partial charge < -0.3 is 5.32 Å². The number of ketones is 1. The fourth-order valence-corrected chi connectivity index (χ4v) is 3.71. The number of anilines is 1. The van der Waals surface area contributed by atoms with E-state index in [1.165, 1.54) is 0 Å². The molecule has 0 aliphatic carbocycles. The molecule has 3 nitrogen and oxygen atoms in total. The molecule has 0 radical (unpaired) electrons. The van der Waals surface area contributed by atoms with E-state index in [4.69, 9.17) is 0 Å². The van der Waals surface area contributed by atoms with Crippen molar-refractivity contribution in [3.05, 3.63) is 70.2 Å². The summed E-state index contributed by atoms with van der Waals surface area (Å²) in [4.78, 5) is 16.9. The van der Waals surface area contributed by atoms with E-state index in [-0.39, 0.29) is 5.78 Å². The van der Waals surface area contributed by atoms with Gasteiger partial charge in [-0.1, -0.05) is 52.8 Å². The van der Waals surface area contributed by atoms with Gasteiger partial charge in [0, 0.05) is 21.5 Å². The van der Waals surface area contributed by atoms with Gasteiger partial charge in [-0.25, -0.2) is 0 Å². The lowest BCUT2D eigenvalue weighted by Gasteiger charge is -2.05. The molecule has 0 spiro atoms. The minimum atomic E-state index is -0.00639. The SMILES string of the molecule is CCC1CSC(Nc2ccc(C(=O)C=Cc3ccc(Br)cc3)cc2)=N1. The Morgan fingerprint density at radius 1 is 1.24 bits per heavy atom. The van der Waals surface area contributed by atoms with Crippen LogP contribution < -0.4 is 5.32 Å². The van der Waals surface area contributed by atoms with Crippen LogP contribution in [0.2, 0.25) is 0 Å². The van der Waals surface area contributed by atoms with Crippen LogP contribution in [0.4, 0.5) is 5.69 Å². The first-order chi connectivity index (χ1) is 12.1. The van der Waals surface area contributed by atoms with Gasteiger partial charge in [0.05, 0.1) is 6.04 Å². The molecule has 0 bridgehead atoms. The molecule has 0 aromatic heterocycles. The highest BCUT2D eigenvalue weighted by atomic mass is 79.9. The van der Waals surface area contributed by atoms with Crippen LogP contribution in [-0.4, -0.2) is 22.7 Å². The number of carbonyl (C=O) groups excluding carboxylic acids is 1. The summed E-state index contributed by atoms with van der Waals surface area (Å²) in [5.74, 6) is 1.03. The number of aliphatic imine (C=N–C) groups is 1. The van der Waals surface area contributed by atoms with Crippen LogP contribution in [0.1, 0.15) is 29.3 Å². The van der Waals surface area contributed by atoms with Crippen LogP contribution in [0.3, 0.4) is 0 Å². The largest absolute Gasteiger partial charge is 0.335 e. The standard InChI is InChI=1S/C20H19BrN2OS/c1-2-17-13-25-20(22-17)23-18-10-6-15(7-11-18)19(24)12-5-14-3-8-16(21)9-4-14/h3-12,17H,2,13H2,1H3,(H,22,23). The maximum Gasteiger partial charge on any atom is 0.185 e. The number of carbonyl (C=O) groups is 1. The highest BCUT2D eigenvalue weighted by Gasteiger charge is 2.16. The van der Waals surface area contributed by atoms with E-state index in [0.29, 0.717) is 11.6 Å². The van der Waals surface area contributed by atoms with Gasteiger partial charge in [0.15, 0.2) is 11.0 Å². The third kappa shape index (κ3) is 5.06. The van der Waals surface area contributed by atoms with Gasteiger partial charge in [-0.2, -0.15) is 0 Å². The Hall–Kier alpha value is -1.85. The molecular weight excluding hydrogens is 396 g/mol. The topological polar surface area (TPSA) is 41.5 Å². The summed E-state index contributed by atoms with van der Waals surface area (Å²) in [7, 11) is 0. The van der Waals surface area contributed by atoms with Crippen molar-refractivity contribution in [3.8, 4) is 0 Å². The minimum absolute atomic E-state index is 0.00639. The molecule has 3 rings (SSSR count). The van der Waals surface area contributed by atoms with Gasteiger partial charge in [0.1, 0.15) is 0 Å². The smallest absolute Gasteiger partial charge is 0.185 e. The molecule has 0 saturated carbocycles. The second kappa shape index (κ2) is 8.50. The summed E-state index contributed by atoms with van der Waals surface area (Å²) in [5.41, 5.74) is 2.62. The molecular formula is C20H19BrN2OS. The summed E-state index contributed by atoms with van der Waals surface area (Å²) in [5, 5.41) is 4.27. The van der Waals surface area contributed by atoms with E-state index in [1.54, 1.807) is 17.8 Å². The number of hydrogen-bond donors (Lipinski definition) is 1. The number of amidine groups is 1. The molecule has 0 amide bonds. The molecule has 1 aliphatic heterocycles. The van der Waals surface area contributed by atoms with Gasteiger partial charge in [-0.3, -0.25) is 9.79 Å². The van der Waals surface area contributed by atoms with Crippen LogP contribution in [-0.2, 0) is 0 Å². The predicted octanol–water partition coefficient (Wildman–Crippen LogP) is 5.64. The molecule has 1 N–H and O–H groups in total. The van der Waals surface area contributed by atoms with Crippen molar-refractivity contribution in [2.45, 2.75) is 19.4 Å². The lowest BCUT2D eigenvalue weighted by Crippen LogP contribution is -2.05. The van der Waals surface area contributed by atoms with Crippen molar-refractivity contribution in [2.24, 2.45) is 4.99 Å². The minimum Gasteiger partial charge on any atom is -0.335 e. The second-order valence-corrected chi connectivity index (χ2v) is 7.68. The molecule has 25 heavy (non-hydrogen) atoms. The zero-order chi connectivity index (χ0) is 17.6. The number of thioether (sulfide) groups is 1. The maximum absolute atomic E-state index is 12.3. The number of benzene rings is 2. The normalized spacial score (nSPS) is 16.9. The average molecular weight is 415 g/mol. The lowest BCUT2D eigenvalue weighted by molar-refractivity contribution is 0.104. The highest BCUT2D eigenvalue weighted by Crippen LogP contribution is 2.22. The van der Waals surface area contributed by atoms with Crippen LogP contribution in [0.25, 0.3) is 6.08 Å². The Kier molecular flexibility index (Phi) is 6.10. The van der Waals surface area contributed by atoms with Crippen molar-refractivity contribution in [2.75, 3.05) is 11.1 Å². The fraction of sp³-hybridized carbons (Fsp3) is 0.200. The summed E-state index contributed by atoms with van der Waals surface area (Å²) in [6.07, 6.45) is 4.50. The van der Waals surface area contributed by atoms with Crippen LogP contribution in [0.15, 0.2) is 64.1 Å². The van der Waals surface area contributed by atoms with Crippen LogP contribution >= 0.6 is 27.7 Å². The average Bonchev–Trinajstić information content (AvgIpc) is 3.09. The van der Waals surface area contributed by atoms with Crippen molar-refractivity contribution in [1.29, 1.82) is 0 Å². The first-order valence-corrected chi connectivity index (χ1v) is 9.97. The Bertz CT molecular complexity index is 797. The van der Waals surface area contributed by atoms with Gasteiger partial charge >= 0.3 is 0 Å². The summed E-state index contributed by atoms with van der Waals surface area (Å²) >= 11 is 5.15. The second-order valence-electron chi connectivity index (χ2n) is 5.76. The Morgan fingerprint density at radius 2 is 1.96 bits per heavy atom. The van der Waals surface area contributed by atoms with Gasteiger partial charge in [-0.05, 0) is 54.5 Å². The molecule has 2 aromatic rings. The lowest BCUT2D eigenvalue weighted by atomic mass is 10.1. The number of allylic oxidation sites excluding steroid dienone is 1. The molecule has 1 unspecified atom stereocenters. The monoisotopic (exact) mass is 414 g/mol. The van der Waals surface area contributed by atoms with E-state index < -0.39 is 0 Å². The molecule has 5 heteroatoms. The summed E-state index contributed by atoms with van der Waals surface area (Å²) < 4.78 is 1.02. The fourth-order valence-electron chi connectivity index (χ4n) is 2.38. The zero-order valence-corrected chi connectivity index (χ0v) is 16.3. The number of hydrogen-bond acceptors (Lipinski definition) is 4. The quantitative estimate of drug-likeness (QED) is 0.508. The Balaban J connectivity index is 1.61. The van der Waals surface area contributed by atoms with E-state index in [2.05, 4.69) is 33.2 Å². The van der Waals surface area contributed by atoms with Crippen molar-refractivity contribution < 1.29 is 4.79 Å². The number of halogens is 1. The molecule has 2 aromatic carbocycles. The van der Waals surface area contributed by atoms with Gasteiger partial charge in [-0.15, -0.1) is 0 Å². The van der Waals surface area contributed by atoms with Crippen LogP contribution in [0.5, 0.6) is 0 Å².